The van der Waals surface area contributed by atoms with Gasteiger partial charge in [0.25, 0.3) is 0 Å². The Hall–Kier alpha value is -6.18. The van der Waals surface area contributed by atoms with Gasteiger partial charge in [-0.2, -0.15) is 0 Å². The lowest BCUT2D eigenvalue weighted by Crippen LogP contribution is -2.16. The Kier molecular flexibility index (Phi) is 4.61. The second-order valence-electron chi connectivity index (χ2n) is 12.8. The van der Waals surface area contributed by atoms with Crippen molar-refractivity contribution in [3.63, 3.8) is 0 Å². The highest BCUT2D eigenvalue weighted by Crippen LogP contribution is 2.50. The van der Waals surface area contributed by atoms with Crippen LogP contribution in [0.4, 0.5) is 17.1 Å². The highest BCUT2D eigenvalue weighted by atomic mass is 15.1. The van der Waals surface area contributed by atoms with Gasteiger partial charge in [-0.1, -0.05) is 159 Å². The molecule has 8 aromatic rings. The Morgan fingerprint density at radius 2 is 1.00 bits per heavy atom. The molecule has 0 saturated heterocycles. The first kappa shape index (κ1) is 19.1. The van der Waals surface area contributed by atoms with E-state index in [4.69, 9.17) is 6.85 Å². The summed E-state index contributed by atoms with van der Waals surface area (Å²) in [5.41, 5.74) is 3.90. The number of benzene rings is 8. The highest BCUT2D eigenvalue weighted by Gasteiger charge is 2.35. The summed E-state index contributed by atoms with van der Waals surface area (Å²) in [4.78, 5) is 1.23. The maximum atomic E-state index is 9.61. The molecule has 238 valence electrons. The van der Waals surface area contributed by atoms with Gasteiger partial charge in [0.1, 0.15) is 0 Å². The van der Waals surface area contributed by atoms with Crippen LogP contribution in [0.3, 0.4) is 0 Å². The van der Waals surface area contributed by atoms with Crippen LogP contribution in [-0.2, 0) is 5.41 Å². The highest BCUT2D eigenvalue weighted by molar-refractivity contribution is 5.97. The van der Waals surface area contributed by atoms with Crippen molar-refractivity contribution in [2.75, 3.05) is 4.90 Å². The van der Waals surface area contributed by atoms with E-state index in [1.165, 1.54) is 4.90 Å². The molecule has 8 aromatic carbocycles. The number of rotatable bonds is 6. The van der Waals surface area contributed by atoms with Gasteiger partial charge in [0.15, 0.2) is 0 Å². The van der Waals surface area contributed by atoms with Crippen LogP contribution < -0.4 is 4.90 Å². The van der Waals surface area contributed by atoms with E-state index >= 15 is 0 Å². The molecule has 1 heteroatoms. The molecule has 0 saturated carbocycles. The fourth-order valence-corrected chi connectivity index (χ4v) is 7.00. The van der Waals surface area contributed by atoms with Crippen molar-refractivity contribution in [2.24, 2.45) is 0 Å². The maximum Gasteiger partial charge on any atom is 0.0645 e. The summed E-state index contributed by atoms with van der Waals surface area (Å²) in [6, 6.07) is 26.3. The molecule has 0 unspecified atom stereocenters. The summed E-state index contributed by atoms with van der Waals surface area (Å²) >= 11 is 0. The summed E-state index contributed by atoms with van der Waals surface area (Å²) in [5.74, 6) is 0. The third kappa shape index (κ3) is 5.11. The van der Waals surface area contributed by atoms with E-state index in [9.17, 15) is 11.0 Å². The molecule has 0 amide bonds. The number of fused-ring (bicyclic) bond motifs is 4. The summed E-state index contributed by atoms with van der Waals surface area (Å²) in [6.45, 7) is 4.10. The Morgan fingerprint density at radius 1 is 0.420 bits per heavy atom. The SMILES string of the molecule is [2H]c1c([2H])c([2H])c(-c2c([2H])c([2H])c(N(c3ccc4c(c3)C(C)(C)c3ccccc3-4)c3c([2H])c([2H])c(-c4cccc(-c5cccc6ccccc56)c4)c([2H])c3[2H])c([2H])c2[2H])c([2H])c1[2H]. The van der Waals surface area contributed by atoms with Crippen molar-refractivity contribution in [3.05, 3.63) is 199 Å². The zero-order valence-electron chi connectivity index (χ0n) is 40.3. The molecule has 50 heavy (non-hydrogen) atoms. The summed E-state index contributed by atoms with van der Waals surface area (Å²) < 4.78 is 117. The number of hydrogen-bond acceptors (Lipinski definition) is 1. The summed E-state index contributed by atoms with van der Waals surface area (Å²) in [6.07, 6.45) is 0. The molecular weight excluding hydrogens is 603 g/mol. The van der Waals surface area contributed by atoms with Gasteiger partial charge in [0, 0.05) is 22.5 Å². The molecule has 0 bridgehead atoms. The van der Waals surface area contributed by atoms with E-state index < -0.39 is 101 Å². The zero-order valence-corrected chi connectivity index (χ0v) is 27.3. The third-order valence-electron chi connectivity index (χ3n) is 9.50. The quantitative estimate of drug-likeness (QED) is 0.173. The number of hydrogen-bond donors (Lipinski definition) is 0. The first-order chi connectivity index (χ1) is 30.0. The first-order valence-electron chi connectivity index (χ1n) is 22.9. The molecule has 0 N–H and O–H groups in total. The van der Waals surface area contributed by atoms with Gasteiger partial charge in [-0.05, 0) is 109 Å². The molecule has 0 radical (unpaired) electrons. The zero-order chi connectivity index (χ0) is 45.0. The molecule has 0 spiro atoms. The normalized spacial score (nSPS) is 16.4. The van der Waals surface area contributed by atoms with E-state index in [-0.39, 0.29) is 16.9 Å². The predicted molar refractivity (Wildman–Crippen MR) is 213 cm³/mol. The lowest BCUT2D eigenvalue weighted by atomic mass is 9.82. The summed E-state index contributed by atoms with van der Waals surface area (Å²) in [5, 5.41) is 2.03. The summed E-state index contributed by atoms with van der Waals surface area (Å²) in [7, 11) is 0. The number of anilines is 3. The van der Waals surface area contributed by atoms with Crippen LogP contribution in [0.15, 0.2) is 188 Å². The lowest BCUT2D eigenvalue weighted by Gasteiger charge is -2.28. The van der Waals surface area contributed by atoms with Crippen LogP contribution in [0.25, 0.3) is 55.3 Å². The van der Waals surface area contributed by atoms with Gasteiger partial charge in [0.2, 0.25) is 0 Å². The molecule has 0 heterocycles. The fourth-order valence-electron chi connectivity index (χ4n) is 7.00. The van der Waals surface area contributed by atoms with Crippen molar-refractivity contribution in [1.82, 2.24) is 0 Å². The molecule has 1 nitrogen and oxygen atoms in total. The van der Waals surface area contributed by atoms with Crippen LogP contribution >= 0.6 is 0 Å². The van der Waals surface area contributed by atoms with Crippen molar-refractivity contribution in [3.8, 4) is 44.5 Å². The monoisotopic (exact) mass is 652 g/mol. The Balaban J connectivity index is 1.30. The van der Waals surface area contributed by atoms with Crippen LogP contribution in [0.5, 0.6) is 0 Å². The van der Waals surface area contributed by atoms with E-state index in [2.05, 4.69) is 0 Å². The number of nitrogens with zero attached hydrogens (tertiary/aromatic N) is 1. The minimum absolute atomic E-state index is 0.0254. The second kappa shape index (κ2) is 12.1. The first-order valence-corrected chi connectivity index (χ1v) is 16.4. The van der Waals surface area contributed by atoms with E-state index in [1.807, 2.05) is 98.8 Å². The van der Waals surface area contributed by atoms with Gasteiger partial charge >= 0.3 is 0 Å². The maximum absolute atomic E-state index is 9.61. The molecule has 0 aliphatic heterocycles. The van der Waals surface area contributed by atoms with Gasteiger partial charge in [-0.3, -0.25) is 0 Å². The minimum atomic E-state index is -0.722. The van der Waals surface area contributed by atoms with Crippen LogP contribution in [0.1, 0.15) is 42.8 Å². The molecule has 1 aliphatic rings. The van der Waals surface area contributed by atoms with Gasteiger partial charge in [-0.25, -0.2) is 0 Å². The molecular formula is C49H37N. The second-order valence-corrected chi connectivity index (χ2v) is 12.8. The van der Waals surface area contributed by atoms with Gasteiger partial charge < -0.3 is 4.90 Å². The minimum Gasteiger partial charge on any atom is -0.310 e. The van der Waals surface area contributed by atoms with E-state index in [1.54, 1.807) is 24.3 Å². The molecule has 0 fully saturated rings. The van der Waals surface area contributed by atoms with Gasteiger partial charge in [0.05, 0.1) is 17.8 Å². The Labute approximate surface area is 313 Å². The Morgan fingerprint density at radius 3 is 1.78 bits per heavy atom. The van der Waals surface area contributed by atoms with Gasteiger partial charge in [-0.15, -0.1) is 0 Å². The van der Waals surface area contributed by atoms with Crippen LogP contribution in [0, 0.1) is 0 Å². The topological polar surface area (TPSA) is 3.24 Å². The fraction of sp³-hybridized carbons (Fsp3) is 0.0612. The smallest absolute Gasteiger partial charge is 0.0645 e. The molecule has 0 atom stereocenters. The van der Waals surface area contributed by atoms with E-state index in [0.717, 1.165) is 44.2 Å². The third-order valence-corrected chi connectivity index (χ3v) is 9.50. The molecule has 1 aliphatic carbocycles. The average molecular weight is 653 g/mol. The van der Waals surface area contributed by atoms with Crippen molar-refractivity contribution < 1.29 is 17.8 Å². The van der Waals surface area contributed by atoms with Crippen LogP contribution in [0.2, 0.25) is 0 Å². The van der Waals surface area contributed by atoms with E-state index in [0.29, 0.717) is 5.56 Å². The van der Waals surface area contributed by atoms with Crippen molar-refractivity contribution >= 4 is 27.8 Å². The molecule has 9 rings (SSSR count). The predicted octanol–water partition coefficient (Wildman–Crippen LogP) is 13.6. The largest absolute Gasteiger partial charge is 0.310 e. The lowest BCUT2D eigenvalue weighted by molar-refractivity contribution is 0.660. The average Bonchev–Trinajstić information content (AvgIpc) is 3.52. The van der Waals surface area contributed by atoms with Crippen LogP contribution in [-0.4, -0.2) is 0 Å². The molecule has 0 aromatic heterocycles. The van der Waals surface area contributed by atoms with Crippen molar-refractivity contribution in [1.29, 1.82) is 0 Å². The Bertz CT molecular complexity index is 3170. The standard InChI is InChI=1S/C49H37N/c1-49(2)47-21-9-8-19-45(47)46-31-30-42(33-48(46)49)50(40-26-22-35(23-27-40)34-12-4-3-5-13-34)41-28-24-36(25-29-41)38-16-10-17-39(32-38)44-20-11-15-37-14-6-7-18-43(37)44/h3-33H,1-2H3/i3D,4D,5D,12D,13D,22D,23D,24D,25D,26D,27D,28D,29D. The van der Waals surface area contributed by atoms with Crippen molar-refractivity contribution in [2.45, 2.75) is 19.3 Å².